The molecule has 0 aliphatic carbocycles. The van der Waals surface area contributed by atoms with E-state index in [2.05, 4.69) is 22.5 Å². The normalized spacial score (nSPS) is 17.5. The molecule has 1 aliphatic rings. The van der Waals surface area contributed by atoms with E-state index in [9.17, 15) is 4.79 Å². The maximum absolute atomic E-state index is 12.4. The van der Waals surface area contributed by atoms with Crippen LogP contribution in [0.4, 0.5) is 4.79 Å². The average molecular weight is 342 g/mol. The molecule has 1 fully saturated rings. The van der Waals surface area contributed by atoms with Crippen molar-refractivity contribution in [2.45, 2.75) is 25.4 Å². The fraction of sp³-hybridized carbons (Fsp3) is 0.474. The summed E-state index contributed by atoms with van der Waals surface area (Å²) in [6.45, 7) is 2.57. The molecule has 1 saturated heterocycles. The number of urea groups is 1. The van der Waals surface area contributed by atoms with Gasteiger partial charge in [0, 0.05) is 39.3 Å². The molecule has 1 N–H and O–H groups in total. The van der Waals surface area contributed by atoms with Crippen molar-refractivity contribution in [2.24, 2.45) is 7.05 Å². The summed E-state index contributed by atoms with van der Waals surface area (Å²) in [6.07, 6.45) is 6.63. The van der Waals surface area contributed by atoms with Gasteiger partial charge < -0.3 is 15.0 Å². The lowest BCUT2D eigenvalue weighted by molar-refractivity contribution is -0.0132. The topological polar surface area (TPSA) is 59.4 Å². The summed E-state index contributed by atoms with van der Waals surface area (Å²) >= 11 is 0. The molecule has 0 radical (unpaired) electrons. The SMILES string of the molecule is Cn1cc(CCCNC(=O)N2CCO[C@@H](Cc3ccccc3)C2)cn1. The van der Waals surface area contributed by atoms with E-state index in [1.807, 2.05) is 42.5 Å². The Morgan fingerprint density at radius 3 is 2.92 bits per heavy atom. The average Bonchev–Trinajstić information content (AvgIpc) is 3.05. The lowest BCUT2D eigenvalue weighted by Gasteiger charge is -2.33. The van der Waals surface area contributed by atoms with Crippen LogP contribution in [0.3, 0.4) is 0 Å². The van der Waals surface area contributed by atoms with Gasteiger partial charge in [-0.25, -0.2) is 4.79 Å². The Kier molecular flexibility index (Phi) is 6.06. The molecule has 2 amide bonds. The second-order valence-corrected chi connectivity index (χ2v) is 6.49. The Morgan fingerprint density at radius 1 is 1.32 bits per heavy atom. The fourth-order valence-corrected chi connectivity index (χ4v) is 3.10. The summed E-state index contributed by atoms with van der Waals surface area (Å²) in [6, 6.07) is 10.3. The molecule has 6 heteroatoms. The number of carbonyl (C=O) groups excluding carboxylic acids is 1. The summed E-state index contributed by atoms with van der Waals surface area (Å²) < 4.78 is 7.62. The van der Waals surface area contributed by atoms with E-state index in [4.69, 9.17) is 4.74 Å². The number of aryl methyl sites for hydroxylation is 2. The Hall–Kier alpha value is -2.34. The zero-order chi connectivity index (χ0) is 17.5. The number of morpholine rings is 1. The number of carbonyl (C=O) groups is 1. The van der Waals surface area contributed by atoms with E-state index in [1.54, 1.807) is 4.68 Å². The van der Waals surface area contributed by atoms with Crippen molar-refractivity contribution in [3.8, 4) is 0 Å². The van der Waals surface area contributed by atoms with Gasteiger partial charge in [0.1, 0.15) is 0 Å². The maximum Gasteiger partial charge on any atom is 0.317 e. The first-order chi connectivity index (χ1) is 12.2. The number of amides is 2. The predicted octanol–water partition coefficient (Wildman–Crippen LogP) is 2.01. The van der Waals surface area contributed by atoms with E-state index in [1.165, 1.54) is 11.1 Å². The molecule has 6 nitrogen and oxygen atoms in total. The van der Waals surface area contributed by atoms with Crippen LogP contribution in [0.2, 0.25) is 0 Å². The minimum atomic E-state index is 0.00699. The first-order valence-corrected chi connectivity index (χ1v) is 8.86. The molecular formula is C19H26N4O2. The van der Waals surface area contributed by atoms with Crippen molar-refractivity contribution in [1.29, 1.82) is 0 Å². The lowest BCUT2D eigenvalue weighted by Crippen LogP contribution is -2.50. The van der Waals surface area contributed by atoms with Crippen LogP contribution >= 0.6 is 0 Å². The van der Waals surface area contributed by atoms with Crippen LogP contribution in [0.25, 0.3) is 0 Å². The Balaban J connectivity index is 1.39. The lowest BCUT2D eigenvalue weighted by atomic mass is 10.1. The minimum absolute atomic E-state index is 0.00699. The highest BCUT2D eigenvalue weighted by atomic mass is 16.5. The van der Waals surface area contributed by atoms with Gasteiger partial charge in [0.05, 0.1) is 18.9 Å². The van der Waals surface area contributed by atoms with E-state index in [0.717, 1.165) is 19.3 Å². The van der Waals surface area contributed by atoms with Gasteiger partial charge in [-0.3, -0.25) is 4.68 Å². The van der Waals surface area contributed by atoms with Crippen LogP contribution in [-0.4, -0.2) is 53.1 Å². The molecule has 3 rings (SSSR count). The highest BCUT2D eigenvalue weighted by molar-refractivity contribution is 5.74. The van der Waals surface area contributed by atoms with Crippen LogP contribution in [-0.2, 0) is 24.6 Å². The number of nitrogens with one attached hydrogen (secondary N) is 1. The number of rotatable bonds is 6. The van der Waals surface area contributed by atoms with Gasteiger partial charge >= 0.3 is 6.03 Å². The number of aromatic nitrogens is 2. The van der Waals surface area contributed by atoms with Gasteiger partial charge in [-0.05, 0) is 24.0 Å². The highest BCUT2D eigenvalue weighted by Crippen LogP contribution is 2.12. The van der Waals surface area contributed by atoms with Crippen molar-refractivity contribution in [1.82, 2.24) is 20.0 Å². The zero-order valence-electron chi connectivity index (χ0n) is 14.7. The van der Waals surface area contributed by atoms with Crippen molar-refractivity contribution in [3.63, 3.8) is 0 Å². The molecule has 1 aliphatic heterocycles. The third-order valence-corrected chi connectivity index (χ3v) is 4.41. The summed E-state index contributed by atoms with van der Waals surface area (Å²) in [7, 11) is 1.91. The summed E-state index contributed by atoms with van der Waals surface area (Å²) in [5.74, 6) is 0. The zero-order valence-corrected chi connectivity index (χ0v) is 14.7. The predicted molar refractivity (Wildman–Crippen MR) is 96.4 cm³/mol. The Morgan fingerprint density at radius 2 is 2.16 bits per heavy atom. The second kappa shape index (κ2) is 8.67. The standard InChI is InChI=1S/C19H26N4O2/c1-22-14-17(13-21-22)8-5-9-20-19(24)23-10-11-25-18(15-23)12-16-6-3-2-4-7-16/h2-4,6-7,13-14,18H,5,8-12,15H2,1H3,(H,20,24)/t18-/m0/s1. The maximum atomic E-state index is 12.4. The van der Waals surface area contributed by atoms with Gasteiger partial charge in [0.15, 0.2) is 0 Å². The smallest absolute Gasteiger partial charge is 0.317 e. The van der Waals surface area contributed by atoms with Crippen LogP contribution in [0.1, 0.15) is 17.5 Å². The van der Waals surface area contributed by atoms with Crippen LogP contribution in [0.15, 0.2) is 42.7 Å². The third-order valence-electron chi connectivity index (χ3n) is 4.41. The quantitative estimate of drug-likeness (QED) is 0.817. The number of nitrogens with zero attached hydrogens (tertiary/aromatic N) is 3. The second-order valence-electron chi connectivity index (χ2n) is 6.49. The van der Waals surface area contributed by atoms with Crippen molar-refractivity contribution >= 4 is 6.03 Å². The fourth-order valence-electron chi connectivity index (χ4n) is 3.10. The first-order valence-electron chi connectivity index (χ1n) is 8.86. The van der Waals surface area contributed by atoms with Gasteiger partial charge in [-0.15, -0.1) is 0 Å². The molecule has 1 aromatic carbocycles. The van der Waals surface area contributed by atoms with Crippen molar-refractivity contribution in [3.05, 3.63) is 53.9 Å². The summed E-state index contributed by atoms with van der Waals surface area (Å²) in [4.78, 5) is 14.2. The minimum Gasteiger partial charge on any atom is -0.374 e. The molecule has 25 heavy (non-hydrogen) atoms. The molecule has 2 heterocycles. The summed E-state index contributed by atoms with van der Waals surface area (Å²) in [5, 5.41) is 7.17. The van der Waals surface area contributed by atoms with Crippen LogP contribution in [0, 0.1) is 0 Å². The van der Waals surface area contributed by atoms with Gasteiger partial charge in [-0.2, -0.15) is 5.10 Å². The largest absolute Gasteiger partial charge is 0.374 e. The first kappa shape index (κ1) is 17.5. The molecule has 0 unspecified atom stereocenters. The van der Waals surface area contributed by atoms with Crippen LogP contribution < -0.4 is 5.32 Å². The molecule has 0 spiro atoms. The molecule has 0 bridgehead atoms. The number of ether oxygens (including phenoxy) is 1. The monoisotopic (exact) mass is 342 g/mol. The molecule has 1 atom stereocenters. The van der Waals surface area contributed by atoms with Crippen molar-refractivity contribution in [2.75, 3.05) is 26.2 Å². The number of hydrogen-bond donors (Lipinski definition) is 1. The number of hydrogen-bond acceptors (Lipinski definition) is 3. The van der Waals surface area contributed by atoms with Gasteiger partial charge in [0.25, 0.3) is 0 Å². The third kappa shape index (κ3) is 5.32. The Bertz CT molecular complexity index is 671. The molecular weight excluding hydrogens is 316 g/mol. The Labute approximate surface area is 148 Å². The molecule has 1 aromatic heterocycles. The highest BCUT2D eigenvalue weighted by Gasteiger charge is 2.24. The van der Waals surface area contributed by atoms with E-state index >= 15 is 0 Å². The van der Waals surface area contributed by atoms with E-state index in [-0.39, 0.29) is 12.1 Å². The van der Waals surface area contributed by atoms with Gasteiger partial charge in [-0.1, -0.05) is 30.3 Å². The van der Waals surface area contributed by atoms with Gasteiger partial charge in [0.2, 0.25) is 0 Å². The molecule has 134 valence electrons. The molecule has 0 saturated carbocycles. The number of benzene rings is 1. The molecule has 2 aromatic rings. The van der Waals surface area contributed by atoms with Crippen LogP contribution in [0.5, 0.6) is 0 Å². The van der Waals surface area contributed by atoms with E-state index < -0.39 is 0 Å². The van der Waals surface area contributed by atoms with E-state index in [0.29, 0.717) is 26.2 Å². The van der Waals surface area contributed by atoms with Crippen molar-refractivity contribution < 1.29 is 9.53 Å². The summed E-state index contributed by atoms with van der Waals surface area (Å²) in [5.41, 5.74) is 2.44.